The van der Waals surface area contributed by atoms with Gasteiger partial charge in [0.2, 0.25) is 10.0 Å². The van der Waals surface area contributed by atoms with E-state index in [0.717, 1.165) is 45.5 Å². The van der Waals surface area contributed by atoms with Crippen molar-refractivity contribution < 1.29 is 17.5 Å². The summed E-state index contributed by atoms with van der Waals surface area (Å²) < 4.78 is 45.1. The standard InChI is InChI=1S/C16H23FN2O3S/c17-14-3-5-16(6-4-14)23(20,21)19-11-9-18(10-12-19)8-7-15-2-1-13-22-15/h3-6,15H,1-2,7-13H2/t15-/m0/s1. The predicted octanol–water partition coefficient (Wildman–Crippen LogP) is 1.70. The molecule has 5 nitrogen and oxygen atoms in total. The quantitative estimate of drug-likeness (QED) is 0.817. The fourth-order valence-electron chi connectivity index (χ4n) is 3.15. The number of benzene rings is 1. The first-order valence-electron chi connectivity index (χ1n) is 8.15. The van der Waals surface area contributed by atoms with Crippen molar-refractivity contribution in [3.63, 3.8) is 0 Å². The van der Waals surface area contributed by atoms with Gasteiger partial charge >= 0.3 is 0 Å². The minimum Gasteiger partial charge on any atom is -0.378 e. The van der Waals surface area contributed by atoms with Crippen molar-refractivity contribution in [3.8, 4) is 0 Å². The monoisotopic (exact) mass is 342 g/mol. The lowest BCUT2D eigenvalue weighted by Crippen LogP contribution is -2.49. The van der Waals surface area contributed by atoms with E-state index >= 15 is 0 Å². The van der Waals surface area contributed by atoms with E-state index in [1.54, 1.807) is 0 Å². The molecule has 7 heteroatoms. The van der Waals surface area contributed by atoms with Gasteiger partial charge in [0, 0.05) is 39.3 Å². The Kier molecular flexibility index (Phi) is 5.31. The average Bonchev–Trinajstić information content (AvgIpc) is 3.07. The van der Waals surface area contributed by atoms with E-state index in [1.165, 1.54) is 28.6 Å². The molecule has 3 rings (SSSR count). The van der Waals surface area contributed by atoms with Gasteiger partial charge < -0.3 is 9.64 Å². The molecule has 0 amide bonds. The third-order valence-corrected chi connectivity index (χ3v) is 6.49. The number of halogens is 1. The summed E-state index contributed by atoms with van der Waals surface area (Å²) in [5.41, 5.74) is 0. The van der Waals surface area contributed by atoms with E-state index in [1.807, 2.05) is 0 Å². The fourth-order valence-corrected chi connectivity index (χ4v) is 4.57. The normalized spacial score (nSPS) is 24.1. The lowest BCUT2D eigenvalue weighted by Gasteiger charge is -2.34. The summed E-state index contributed by atoms with van der Waals surface area (Å²) in [6.07, 6.45) is 3.67. The SMILES string of the molecule is O=S(=O)(c1ccc(F)cc1)N1CCN(CC[C@@H]2CCCO2)CC1. The second-order valence-corrected chi connectivity index (χ2v) is 8.06. The van der Waals surface area contributed by atoms with Crippen LogP contribution in [0.1, 0.15) is 19.3 Å². The van der Waals surface area contributed by atoms with Gasteiger partial charge in [0.05, 0.1) is 11.0 Å². The maximum Gasteiger partial charge on any atom is 0.243 e. The number of sulfonamides is 1. The molecule has 0 unspecified atom stereocenters. The summed E-state index contributed by atoms with van der Waals surface area (Å²) in [5, 5.41) is 0. The summed E-state index contributed by atoms with van der Waals surface area (Å²) in [5.74, 6) is -0.428. The van der Waals surface area contributed by atoms with Gasteiger partial charge in [-0.05, 0) is 43.5 Å². The van der Waals surface area contributed by atoms with Crippen molar-refractivity contribution in [2.24, 2.45) is 0 Å². The smallest absolute Gasteiger partial charge is 0.243 e. The Bertz CT molecular complexity index is 607. The van der Waals surface area contributed by atoms with E-state index in [9.17, 15) is 12.8 Å². The molecule has 0 saturated carbocycles. The van der Waals surface area contributed by atoms with Crippen molar-refractivity contribution in [2.45, 2.75) is 30.3 Å². The number of nitrogens with zero attached hydrogens (tertiary/aromatic N) is 2. The summed E-state index contributed by atoms with van der Waals surface area (Å²) in [6.45, 7) is 4.24. The molecule has 2 aliphatic rings. The van der Waals surface area contributed by atoms with E-state index < -0.39 is 15.8 Å². The molecule has 2 aliphatic heterocycles. The van der Waals surface area contributed by atoms with Crippen LogP contribution in [0.25, 0.3) is 0 Å². The molecule has 2 fully saturated rings. The van der Waals surface area contributed by atoms with Crippen molar-refractivity contribution in [2.75, 3.05) is 39.3 Å². The molecule has 2 saturated heterocycles. The zero-order valence-corrected chi connectivity index (χ0v) is 14.0. The van der Waals surface area contributed by atoms with Gasteiger partial charge in [-0.2, -0.15) is 4.31 Å². The molecule has 2 heterocycles. The van der Waals surface area contributed by atoms with E-state index in [-0.39, 0.29) is 4.90 Å². The number of rotatable bonds is 5. The third-order valence-electron chi connectivity index (χ3n) is 4.57. The highest BCUT2D eigenvalue weighted by atomic mass is 32.2. The minimum absolute atomic E-state index is 0.159. The maximum atomic E-state index is 13.0. The molecule has 0 aromatic heterocycles. The Morgan fingerprint density at radius 3 is 2.43 bits per heavy atom. The number of hydrogen-bond donors (Lipinski definition) is 0. The van der Waals surface area contributed by atoms with Crippen LogP contribution >= 0.6 is 0 Å². The van der Waals surface area contributed by atoms with Crippen molar-refractivity contribution >= 4 is 10.0 Å². The minimum atomic E-state index is -3.52. The van der Waals surface area contributed by atoms with Crippen LogP contribution in [0, 0.1) is 5.82 Å². The largest absolute Gasteiger partial charge is 0.378 e. The summed E-state index contributed by atoms with van der Waals surface area (Å²) in [6, 6.07) is 5.03. The zero-order chi connectivity index (χ0) is 16.3. The molecule has 0 N–H and O–H groups in total. The highest BCUT2D eigenvalue weighted by Gasteiger charge is 2.28. The topological polar surface area (TPSA) is 49.9 Å². The molecule has 1 atom stereocenters. The molecule has 23 heavy (non-hydrogen) atoms. The van der Waals surface area contributed by atoms with Crippen LogP contribution in [0.3, 0.4) is 0 Å². The van der Waals surface area contributed by atoms with Crippen molar-refractivity contribution in [1.29, 1.82) is 0 Å². The second kappa shape index (κ2) is 7.25. The second-order valence-electron chi connectivity index (χ2n) is 6.12. The highest BCUT2D eigenvalue weighted by Crippen LogP contribution is 2.19. The van der Waals surface area contributed by atoms with Crippen LogP contribution in [0.5, 0.6) is 0 Å². The maximum absolute atomic E-state index is 13.0. The van der Waals surface area contributed by atoms with Gasteiger partial charge in [-0.3, -0.25) is 0 Å². The van der Waals surface area contributed by atoms with E-state index in [4.69, 9.17) is 4.74 Å². The van der Waals surface area contributed by atoms with Gasteiger partial charge in [0.1, 0.15) is 5.82 Å². The Labute approximate surface area is 137 Å². The first kappa shape index (κ1) is 16.8. The van der Waals surface area contributed by atoms with Crippen LogP contribution in [0.4, 0.5) is 4.39 Å². The molecule has 0 radical (unpaired) electrons. The van der Waals surface area contributed by atoms with E-state index in [2.05, 4.69) is 4.90 Å². The van der Waals surface area contributed by atoms with Gasteiger partial charge in [-0.25, -0.2) is 12.8 Å². The molecule has 0 bridgehead atoms. The van der Waals surface area contributed by atoms with Crippen molar-refractivity contribution in [3.05, 3.63) is 30.1 Å². The Morgan fingerprint density at radius 1 is 1.13 bits per heavy atom. The lowest BCUT2D eigenvalue weighted by atomic mass is 10.1. The lowest BCUT2D eigenvalue weighted by molar-refractivity contribution is 0.0860. The number of ether oxygens (including phenoxy) is 1. The van der Waals surface area contributed by atoms with Crippen LogP contribution in [0.2, 0.25) is 0 Å². The number of piperazine rings is 1. The third kappa shape index (κ3) is 4.09. The summed E-state index contributed by atoms with van der Waals surface area (Å²) in [7, 11) is -3.52. The molecule has 1 aromatic carbocycles. The molecular formula is C16H23FN2O3S. The number of hydrogen-bond acceptors (Lipinski definition) is 4. The molecule has 128 valence electrons. The van der Waals surface area contributed by atoms with Crippen LogP contribution in [-0.4, -0.2) is 63.1 Å². The van der Waals surface area contributed by atoms with Crippen molar-refractivity contribution in [1.82, 2.24) is 9.21 Å². The Balaban J connectivity index is 1.52. The van der Waals surface area contributed by atoms with Crippen LogP contribution in [-0.2, 0) is 14.8 Å². The van der Waals surface area contributed by atoms with Crippen LogP contribution < -0.4 is 0 Å². The van der Waals surface area contributed by atoms with Gasteiger partial charge in [-0.1, -0.05) is 0 Å². The van der Waals surface area contributed by atoms with Crippen LogP contribution in [0.15, 0.2) is 29.2 Å². The molecule has 0 aliphatic carbocycles. The summed E-state index contributed by atoms with van der Waals surface area (Å²) >= 11 is 0. The van der Waals surface area contributed by atoms with Gasteiger partial charge in [0.25, 0.3) is 0 Å². The molecule has 1 aromatic rings. The molecular weight excluding hydrogens is 319 g/mol. The Hall–Kier alpha value is -1.02. The predicted molar refractivity (Wildman–Crippen MR) is 85.2 cm³/mol. The van der Waals surface area contributed by atoms with Gasteiger partial charge in [-0.15, -0.1) is 0 Å². The van der Waals surface area contributed by atoms with Gasteiger partial charge in [0.15, 0.2) is 0 Å². The highest BCUT2D eigenvalue weighted by molar-refractivity contribution is 7.89. The average molecular weight is 342 g/mol. The fraction of sp³-hybridized carbons (Fsp3) is 0.625. The first-order chi connectivity index (χ1) is 11.1. The first-order valence-corrected chi connectivity index (χ1v) is 9.59. The zero-order valence-electron chi connectivity index (χ0n) is 13.2. The molecule has 0 spiro atoms. The Morgan fingerprint density at radius 2 is 1.83 bits per heavy atom. The summed E-state index contributed by atoms with van der Waals surface area (Å²) in [4.78, 5) is 2.45. The van der Waals surface area contributed by atoms with E-state index in [0.29, 0.717) is 19.2 Å².